The van der Waals surface area contributed by atoms with Crippen molar-refractivity contribution in [2.24, 2.45) is 0 Å². The number of hydrogen-bond acceptors (Lipinski definition) is 5. The van der Waals surface area contributed by atoms with Gasteiger partial charge in [-0.25, -0.2) is 0 Å². The van der Waals surface area contributed by atoms with Crippen LogP contribution in [0.4, 0.5) is 5.13 Å². The third-order valence-corrected chi connectivity index (χ3v) is 3.40. The molecule has 0 spiro atoms. The van der Waals surface area contributed by atoms with Crippen LogP contribution in [0.25, 0.3) is 0 Å². The van der Waals surface area contributed by atoms with E-state index >= 15 is 0 Å². The number of anilines is 1. The van der Waals surface area contributed by atoms with Crippen molar-refractivity contribution in [1.82, 2.24) is 10.2 Å². The Bertz CT molecular complexity index is 406. The second-order valence-electron chi connectivity index (χ2n) is 4.18. The molecule has 0 bridgehead atoms. The van der Waals surface area contributed by atoms with Gasteiger partial charge < -0.3 is 4.74 Å². The maximum Gasteiger partial charge on any atom is 0.255 e. The predicted octanol–water partition coefficient (Wildman–Crippen LogP) is 2.80. The highest BCUT2D eigenvalue weighted by Crippen LogP contribution is 2.17. The van der Waals surface area contributed by atoms with Gasteiger partial charge in [0.05, 0.1) is 6.61 Å². The third kappa shape index (κ3) is 5.94. The number of carbonyl (C=O) groups is 1. The van der Waals surface area contributed by atoms with Crippen LogP contribution in [-0.2, 0) is 16.0 Å². The Kier molecular flexibility index (Phi) is 7.28. The van der Waals surface area contributed by atoms with Crippen molar-refractivity contribution in [1.29, 1.82) is 0 Å². The van der Waals surface area contributed by atoms with Crippen molar-refractivity contribution in [2.75, 3.05) is 11.9 Å². The number of aromatic nitrogens is 2. The monoisotopic (exact) mass is 283 g/mol. The van der Waals surface area contributed by atoms with Crippen LogP contribution in [-0.4, -0.2) is 28.8 Å². The van der Waals surface area contributed by atoms with E-state index in [2.05, 4.69) is 29.0 Å². The number of carbonyl (C=O) groups excluding carboxylic acids is 1. The second-order valence-corrected chi connectivity index (χ2v) is 5.25. The Balaban J connectivity index is 2.38. The summed E-state index contributed by atoms with van der Waals surface area (Å²) >= 11 is 1.42. The van der Waals surface area contributed by atoms with Crippen LogP contribution in [0, 0.1) is 0 Å². The number of nitrogens with one attached hydrogen (secondary N) is 1. The molecular weight excluding hydrogens is 262 g/mol. The van der Waals surface area contributed by atoms with Crippen molar-refractivity contribution < 1.29 is 9.53 Å². The highest BCUT2D eigenvalue weighted by molar-refractivity contribution is 7.15. The standard InChI is InChI=1S/C13H21N3O2S/c1-4-6-8-11-15-16-13(19-11)14-12(17)10(3)18-9-7-5-2/h5,10H,2,4,6-9H2,1,3H3,(H,14,16,17). The van der Waals surface area contributed by atoms with Gasteiger partial charge in [-0.3, -0.25) is 10.1 Å². The first-order valence-corrected chi connectivity index (χ1v) is 7.34. The number of hydrogen-bond donors (Lipinski definition) is 1. The number of aryl methyl sites for hydroxylation is 1. The number of amides is 1. The van der Waals surface area contributed by atoms with Crippen molar-refractivity contribution in [3.8, 4) is 0 Å². The maximum atomic E-state index is 11.8. The molecule has 0 saturated carbocycles. The molecule has 6 heteroatoms. The molecule has 1 rings (SSSR count). The molecule has 0 aliphatic carbocycles. The minimum atomic E-state index is -0.497. The Morgan fingerprint density at radius 3 is 3.05 bits per heavy atom. The zero-order valence-electron chi connectivity index (χ0n) is 11.5. The molecule has 1 atom stereocenters. The molecule has 106 valence electrons. The van der Waals surface area contributed by atoms with Crippen molar-refractivity contribution >= 4 is 22.4 Å². The Morgan fingerprint density at radius 2 is 2.37 bits per heavy atom. The average molecular weight is 283 g/mol. The normalized spacial score (nSPS) is 12.1. The quantitative estimate of drug-likeness (QED) is 0.559. The van der Waals surface area contributed by atoms with Gasteiger partial charge in [0.15, 0.2) is 0 Å². The lowest BCUT2D eigenvalue weighted by atomic mass is 10.3. The first kappa shape index (κ1) is 15.8. The zero-order valence-corrected chi connectivity index (χ0v) is 12.3. The van der Waals surface area contributed by atoms with E-state index in [9.17, 15) is 4.79 Å². The minimum Gasteiger partial charge on any atom is -0.368 e. The topological polar surface area (TPSA) is 64.1 Å². The highest BCUT2D eigenvalue weighted by atomic mass is 32.1. The summed E-state index contributed by atoms with van der Waals surface area (Å²) in [6, 6.07) is 0. The van der Waals surface area contributed by atoms with Crippen LogP contribution >= 0.6 is 11.3 Å². The van der Waals surface area contributed by atoms with E-state index < -0.39 is 6.10 Å². The van der Waals surface area contributed by atoms with Crippen molar-refractivity contribution in [3.63, 3.8) is 0 Å². The molecule has 0 aromatic carbocycles. The molecular formula is C13H21N3O2S. The van der Waals surface area contributed by atoms with Gasteiger partial charge in [0.2, 0.25) is 5.13 Å². The number of ether oxygens (including phenoxy) is 1. The SMILES string of the molecule is C=CCCOC(C)C(=O)Nc1nnc(CCCC)s1. The van der Waals surface area contributed by atoms with E-state index in [4.69, 9.17) is 4.74 Å². The molecule has 19 heavy (non-hydrogen) atoms. The van der Waals surface area contributed by atoms with Crippen LogP contribution in [0.3, 0.4) is 0 Å². The second kappa shape index (κ2) is 8.77. The summed E-state index contributed by atoms with van der Waals surface area (Å²) in [5, 5.41) is 12.2. The fourth-order valence-electron chi connectivity index (χ4n) is 1.34. The molecule has 0 aliphatic heterocycles. The van der Waals surface area contributed by atoms with E-state index in [1.165, 1.54) is 11.3 Å². The summed E-state index contributed by atoms with van der Waals surface area (Å²) in [5.74, 6) is -0.192. The Labute approximate surface area is 118 Å². The summed E-state index contributed by atoms with van der Waals surface area (Å²) in [5.41, 5.74) is 0. The van der Waals surface area contributed by atoms with Gasteiger partial charge in [0.25, 0.3) is 5.91 Å². The molecule has 1 heterocycles. The molecule has 1 aromatic rings. The number of unbranched alkanes of at least 4 members (excludes halogenated alkanes) is 1. The lowest BCUT2D eigenvalue weighted by molar-refractivity contribution is -0.126. The van der Waals surface area contributed by atoms with Crippen LogP contribution in [0.15, 0.2) is 12.7 Å². The summed E-state index contributed by atoms with van der Waals surface area (Å²) in [6.07, 6.45) is 5.12. The molecule has 1 amide bonds. The fraction of sp³-hybridized carbons (Fsp3) is 0.615. The summed E-state index contributed by atoms with van der Waals surface area (Å²) in [4.78, 5) is 11.8. The number of rotatable bonds is 9. The van der Waals surface area contributed by atoms with E-state index in [1.807, 2.05) is 0 Å². The van der Waals surface area contributed by atoms with Gasteiger partial charge in [-0.15, -0.1) is 16.8 Å². The summed E-state index contributed by atoms with van der Waals surface area (Å²) < 4.78 is 5.36. The van der Waals surface area contributed by atoms with Crippen LogP contribution in [0.2, 0.25) is 0 Å². The van der Waals surface area contributed by atoms with Gasteiger partial charge in [-0.1, -0.05) is 30.8 Å². The summed E-state index contributed by atoms with van der Waals surface area (Å²) in [6.45, 7) is 7.95. The highest BCUT2D eigenvalue weighted by Gasteiger charge is 2.15. The largest absolute Gasteiger partial charge is 0.368 e. The third-order valence-electron chi connectivity index (χ3n) is 2.50. The van der Waals surface area contributed by atoms with E-state index in [1.54, 1.807) is 13.0 Å². The Hall–Kier alpha value is -1.27. The van der Waals surface area contributed by atoms with Gasteiger partial charge >= 0.3 is 0 Å². The summed E-state index contributed by atoms with van der Waals surface area (Å²) in [7, 11) is 0. The zero-order chi connectivity index (χ0) is 14.1. The predicted molar refractivity (Wildman–Crippen MR) is 77.4 cm³/mol. The fourth-order valence-corrected chi connectivity index (χ4v) is 2.13. The first-order chi connectivity index (χ1) is 9.17. The molecule has 0 radical (unpaired) electrons. The van der Waals surface area contributed by atoms with E-state index in [0.29, 0.717) is 11.7 Å². The molecule has 0 saturated heterocycles. The number of nitrogens with zero attached hydrogens (tertiary/aromatic N) is 2. The molecule has 1 aromatic heterocycles. The van der Waals surface area contributed by atoms with Crippen LogP contribution in [0.5, 0.6) is 0 Å². The molecule has 1 N–H and O–H groups in total. The lowest BCUT2D eigenvalue weighted by Crippen LogP contribution is -2.27. The van der Waals surface area contributed by atoms with Gasteiger partial charge in [0.1, 0.15) is 11.1 Å². The molecule has 1 unspecified atom stereocenters. The lowest BCUT2D eigenvalue weighted by Gasteiger charge is -2.10. The molecule has 0 aliphatic rings. The molecule has 5 nitrogen and oxygen atoms in total. The van der Waals surface area contributed by atoms with E-state index in [-0.39, 0.29) is 5.91 Å². The minimum absolute atomic E-state index is 0.192. The smallest absolute Gasteiger partial charge is 0.255 e. The first-order valence-electron chi connectivity index (χ1n) is 6.53. The van der Waals surface area contributed by atoms with Crippen LogP contribution < -0.4 is 5.32 Å². The molecule has 0 fully saturated rings. The van der Waals surface area contributed by atoms with Crippen molar-refractivity contribution in [2.45, 2.75) is 45.6 Å². The van der Waals surface area contributed by atoms with Gasteiger partial charge in [0, 0.05) is 6.42 Å². The average Bonchev–Trinajstić information content (AvgIpc) is 2.84. The van der Waals surface area contributed by atoms with Gasteiger partial charge in [-0.05, 0) is 19.8 Å². The maximum absolute atomic E-state index is 11.8. The van der Waals surface area contributed by atoms with Crippen molar-refractivity contribution in [3.05, 3.63) is 17.7 Å². The Morgan fingerprint density at radius 1 is 1.58 bits per heavy atom. The van der Waals surface area contributed by atoms with Crippen LogP contribution in [0.1, 0.15) is 38.1 Å². The van der Waals surface area contributed by atoms with Gasteiger partial charge in [-0.2, -0.15) is 0 Å². The van der Waals surface area contributed by atoms with E-state index in [0.717, 1.165) is 30.7 Å².